The molecular formula is C37H35NO6. The Morgan fingerprint density at radius 1 is 0.977 bits per heavy atom. The molecule has 0 amide bonds. The van der Waals surface area contributed by atoms with Gasteiger partial charge < -0.3 is 24.0 Å². The summed E-state index contributed by atoms with van der Waals surface area (Å²) in [6.07, 6.45) is 6.25. The molecule has 4 fully saturated rings. The number of nitrogens with one attached hydrogen (secondary N) is 1. The minimum absolute atomic E-state index is 0.0109. The molecule has 224 valence electrons. The number of fused-ring (bicyclic) bond motifs is 3. The molecule has 2 aromatic heterocycles. The summed E-state index contributed by atoms with van der Waals surface area (Å²) in [6.45, 7) is 3.00. The average molecular weight is 590 g/mol. The number of aryl methyl sites for hydroxylation is 1. The van der Waals surface area contributed by atoms with Crippen molar-refractivity contribution in [2.24, 2.45) is 11.8 Å². The number of ether oxygens (including phenoxy) is 1. The molecule has 7 heteroatoms. The molecule has 9 rings (SSSR count). The van der Waals surface area contributed by atoms with Crippen LogP contribution in [-0.4, -0.2) is 35.2 Å². The molecule has 44 heavy (non-hydrogen) atoms. The first kappa shape index (κ1) is 27.4. The third kappa shape index (κ3) is 4.66. The monoisotopic (exact) mass is 589 g/mol. The molecular weight excluding hydrogens is 554 g/mol. The smallest absolute Gasteiger partial charge is 0.336 e. The number of carbonyl (C=O) groups is 1. The van der Waals surface area contributed by atoms with E-state index in [1.807, 2.05) is 61.5 Å². The molecule has 4 aliphatic carbocycles. The highest BCUT2D eigenvalue weighted by molar-refractivity contribution is 6.20. The lowest BCUT2D eigenvalue weighted by molar-refractivity contribution is -0.142. The lowest BCUT2D eigenvalue weighted by Crippen LogP contribution is -2.64. The Balaban J connectivity index is 1.07. The van der Waals surface area contributed by atoms with Gasteiger partial charge in [0, 0.05) is 34.7 Å². The van der Waals surface area contributed by atoms with Crippen LogP contribution in [0.2, 0.25) is 0 Å². The zero-order valence-electron chi connectivity index (χ0n) is 24.7. The SMILES string of the molecule is Cc1cc(=O)oc2c1ccc1oc(C(=O)c3cccc(OCCNC45C[C@@H]6C[C@@H](CC(O)(C6)C4)C5)c3)c(-c3ccccc3)c12. The fraction of sp³-hybridized carbons (Fsp3) is 0.351. The molecule has 4 atom stereocenters. The van der Waals surface area contributed by atoms with Crippen LogP contribution in [-0.2, 0) is 0 Å². The molecule has 7 nitrogen and oxygen atoms in total. The predicted octanol–water partition coefficient (Wildman–Crippen LogP) is 6.80. The van der Waals surface area contributed by atoms with Gasteiger partial charge in [-0.2, -0.15) is 0 Å². The molecule has 4 bridgehead atoms. The molecule has 2 N–H and O–H groups in total. The van der Waals surface area contributed by atoms with E-state index in [1.54, 1.807) is 12.1 Å². The van der Waals surface area contributed by atoms with Gasteiger partial charge in [-0.05, 0) is 92.7 Å². The Hall–Kier alpha value is -4.20. The number of hydrogen-bond acceptors (Lipinski definition) is 7. The summed E-state index contributed by atoms with van der Waals surface area (Å²) >= 11 is 0. The third-order valence-corrected chi connectivity index (χ3v) is 10.0. The van der Waals surface area contributed by atoms with Crippen molar-refractivity contribution >= 4 is 27.7 Å². The van der Waals surface area contributed by atoms with Gasteiger partial charge >= 0.3 is 5.63 Å². The molecule has 0 aliphatic heterocycles. The maximum atomic E-state index is 14.1. The van der Waals surface area contributed by atoms with Crippen molar-refractivity contribution < 1.29 is 23.5 Å². The number of aliphatic hydroxyl groups is 1. The summed E-state index contributed by atoms with van der Waals surface area (Å²) in [7, 11) is 0. The lowest BCUT2D eigenvalue weighted by atomic mass is 9.51. The molecule has 0 radical (unpaired) electrons. The van der Waals surface area contributed by atoms with Gasteiger partial charge in [0.2, 0.25) is 5.78 Å². The van der Waals surface area contributed by atoms with Gasteiger partial charge in [0.25, 0.3) is 0 Å². The Morgan fingerprint density at radius 3 is 2.55 bits per heavy atom. The van der Waals surface area contributed by atoms with Gasteiger partial charge in [-0.1, -0.05) is 42.5 Å². The Morgan fingerprint density at radius 2 is 1.77 bits per heavy atom. The first-order valence-electron chi connectivity index (χ1n) is 15.6. The number of benzene rings is 3. The topological polar surface area (TPSA) is 102 Å². The molecule has 0 saturated heterocycles. The average Bonchev–Trinajstić information content (AvgIpc) is 3.39. The van der Waals surface area contributed by atoms with Crippen LogP contribution in [0.3, 0.4) is 0 Å². The second kappa shape index (κ2) is 10.2. The zero-order chi connectivity index (χ0) is 30.1. The maximum absolute atomic E-state index is 14.1. The summed E-state index contributed by atoms with van der Waals surface area (Å²) < 4.78 is 18.1. The van der Waals surface area contributed by atoms with E-state index in [0.29, 0.717) is 58.4 Å². The van der Waals surface area contributed by atoms with E-state index < -0.39 is 11.2 Å². The van der Waals surface area contributed by atoms with Gasteiger partial charge in [-0.25, -0.2) is 4.79 Å². The van der Waals surface area contributed by atoms with Crippen molar-refractivity contribution in [1.82, 2.24) is 5.32 Å². The van der Waals surface area contributed by atoms with Gasteiger partial charge in [-0.3, -0.25) is 4.79 Å². The number of hydrogen-bond donors (Lipinski definition) is 2. The van der Waals surface area contributed by atoms with Crippen molar-refractivity contribution in [3.8, 4) is 16.9 Å². The van der Waals surface area contributed by atoms with E-state index in [9.17, 15) is 14.7 Å². The van der Waals surface area contributed by atoms with Crippen LogP contribution in [0.4, 0.5) is 0 Å². The molecule has 5 aromatic rings. The molecule has 2 unspecified atom stereocenters. The summed E-state index contributed by atoms with van der Waals surface area (Å²) in [5.74, 6) is 1.74. The van der Waals surface area contributed by atoms with Crippen molar-refractivity contribution in [1.29, 1.82) is 0 Å². The van der Waals surface area contributed by atoms with E-state index in [4.69, 9.17) is 13.6 Å². The van der Waals surface area contributed by atoms with Crippen LogP contribution in [0.15, 0.2) is 86.4 Å². The number of furan rings is 1. The molecule has 2 heterocycles. The highest BCUT2D eigenvalue weighted by Crippen LogP contribution is 2.57. The van der Waals surface area contributed by atoms with Crippen LogP contribution in [0, 0.1) is 18.8 Å². The van der Waals surface area contributed by atoms with E-state index >= 15 is 0 Å². The van der Waals surface area contributed by atoms with E-state index in [-0.39, 0.29) is 17.1 Å². The van der Waals surface area contributed by atoms with E-state index in [0.717, 1.165) is 48.6 Å². The van der Waals surface area contributed by atoms with Crippen LogP contribution in [0.5, 0.6) is 5.75 Å². The first-order valence-corrected chi connectivity index (χ1v) is 15.6. The van der Waals surface area contributed by atoms with Gasteiger partial charge in [-0.15, -0.1) is 0 Å². The minimum Gasteiger partial charge on any atom is -0.492 e. The van der Waals surface area contributed by atoms with Crippen molar-refractivity contribution in [3.05, 3.63) is 100 Å². The van der Waals surface area contributed by atoms with Crippen molar-refractivity contribution in [2.75, 3.05) is 13.2 Å². The molecule has 4 saturated carbocycles. The summed E-state index contributed by atoms with van der Waals surface area (Å²) in [5.41, 5.74) is 2.56. The largest absolute Gasteiger partial charge is 0.492 e. The number of ketones is 1. The summed E-state index contributed by atoms with van der Waals surface area (Å²) in [4.78, 5) is 26.5. The number of rotatable bonds is 8. The lowest BCUT2D eigenvalue weighted by Gasteiger charge is -2.60. The van der Waals surface area contributed by atoms with Crippen LogP contribution in [0.25, 0.3) is 33.1 Å². The Bertz CT molecular complexity index is 1960. The minimum atomic E-state index is -0.502. The fourth-order valence-electron chi connectivity index (χ4n) is 8.77. The summed E-state index contributed by atoms with van der Waals surface area (Å²) in [6, 6.07) is 21.9. The quantitative estimate of drug-likeness (QED) is 0.117. The molecule has 4 aliphatic rings. The normalized spacial score (nSPS) is 25.6. The second-order valence-corrected chi connectivity index (χ2v) is 13.3. The Labute approximate surface area is 254 Å². The Kier molecular flexibility index (Phi) is 6.33. The van der Waals surface area contributed by atoms with Gasteiger partial charge in [0.05, 0.1) is 11.0 Å². The van der Waals surface area contributed by atoms with Crippen LogP contribution < -0.4 is 15.7 Å². The number of carbonyl (C=O) groups excluding carboxylic acids is 1. The van der Waals surface area contributed by atoms with Gasteiger partial charge in [0.15, 0.2) is 5.76 Å². The van der Waals surface area contributed by atoms with Crippen LogP contribution in [0.1, 0.15) is 60.2 Å². The fourth-order valence-corrected chi connectivity index (χ4v) is 8.77. The van der Waals surface area contributed by atoms with Crippen molar-refractivity contribution in [2.45, 2.75) is 56.6 Å². The van der Waals surface area contributed by atoms with Crippen LogP contribution >= 0.6 is 0 Å². The third-order valence-electron chi connectivity index (χ3n) is 10.0. The second-order valence-electron chi connectivity index (χ2n) is 13.3. The first-order chi connectivity index (χ1) is 21.3. The zero-order valence-corrected chi connectivity index (χ0v) is 24.7. The highest BCUT2D eigenvalue weighted by Gasteiger charge is 2.56. The maximum Gasteiger partial charge on any atom is 0.336 e. The summed E-state index contributed by atoms with van der Waals surface area (Å²) in [5, 5.41) is 16.2. The van der Waals surface area contributed by atoms with Crippen molar-refractivity contribution in [3.63, 3.8) is 0 Å². The highest BCUT2D eigenvalue weighted by atomic mass is 16.5. The molecule has 0 spiro atoms. The van der Waals surface area contributed by atoms with Gasteiger partial charge in [0.1, 0.15) is 23.5 Å². The van der Waals surface area contributed by atoms with E-state index in [2.05, 4.69) is 5.32 Å². The standard InChI is InChI=1S/C37H35NO6/c1-22-14-30(39)44-34-28(22)10-11-29-32(34)31(25-6-3-2-4-7-25)35(43-29)33(40)26-8-5-9-27(16-26)42-13-12-38-36-17-23-15-24(18-36)20-37(41,19-23)21-36/h2-11,14,16,23-24,38,41H,12-13,15,17-21H2,1H3/t23-,24+,36?,37?. The van der Waals surface area contributed by atoms with E-state index in [1.165, 1.54) is 12.5 Å². The molecule has 3 aromatic carbocycles. The predicted molar refractivity (Wildman–Crippen MR) is 168 cm³/mol.